The van der Waals surface area contributed by atoms with Crippen LogP contribution in [-0.4, -0.2) is 60.3 Å². The van der Waals surface area contributed by atoms with Crippen LogP contribution < -0.4 is 27.7 Å². The molecule has 0 aliphatic carbocycles. The van der Waals surface area contributed by atoms with Gasteiger partial charge in [0.15, 0.2) is 0 Å². The number of aromatic nitrogens is 4. The van der Waals surface area contributed by atoms with Crippen molar-refractivity contribution in [2.75, 3.05) is 26.4 Å². The monoisotopic (exact) mass is 1860 g/mol. The maximum absolute atomic E-state index is 6.33. The first kappa shape index (κ1) is 98.9. The Morgan fingerprint density at radius 2 is 0.557 bits per heavy atom. The van der Waals surface area contributed by atoms with Crippen LogP contribution in [0.15, 0.2) is 188 Å². The van der Waals surface area contributed by atoms with Crippen LogP contribution in [0.1, 0.15) is 286 Å². The molecule has 13 rings (SSSR count). The van der Waals surface area contributed by atoms with E-state index in [0.717, 1.165) is 173 Å². The molecule has 0 amide bonds. The van der Waals surface area contributed by atoms with Gasteiger partial charge in [0.05, 0.1) is 26.4 Å². The summed E-state index contributed by atoms with van der Waals surface area (Å²) in [6.07, 6.45) is 28.8. The Morgan fingerprint density at radius 1 is 0.290 bits per heavy atom. The Kier molecular flexibility index (Phi) is 37.3. The number of nitrogens with zero attached hydrogens (tertiary/aromatic N) is 4. The van der Waals surface area contributed by atoms with E-state index in [0.29, 0.717) is 85.0 Å². The molecule has 0 radical (unpaired) electrons. The molecule has 694 valence electrons. The van der Waals surface area contributed by atoms with E-state index >= 15 is 0 Å². The number of fused-ring (bicyclic) bond motifs is 3. The molecule has 0 fully saturated rings. The van der Waals surface area contributed by atoms with Crippen molar-refractivity contribution in [1.82, 2.24) is 20.6 Å². The van der Waals surface area contributed by atoms with Crippen molar-refractivity contribution < 1.29 is 37.0 Å². The average molecular weight is 1860 g/mol. The van der Waals surface area contributed by atoms with E-state index < -0.39 is 13.3 Å². The van der Waals surface area contributed by atoms with Crippen molar-refractivity contribution in [3.8, 4) is 147 Å². The fraction of sp³-hybridized carbons (Fsp3) is 0.483. The zero-order chi connectivity index (χ0) is 92.2. The number of hydrogen-bond acceptors (Lipinski definition) is 14. The number of rotatable bonds is 52. The fourth-order valence-corrected chi connectivity index (χ4v) is 37.0. The van der Waals surface area contributed by atoms with Gasteiger partial charge in [-0.15, -0.1) is 0 Å². The second-order valence-corrected chi connectivity index (χ2v) is 50.4. The van der Waals surface area contributed by atoms with Crippen molar-refractivity contribution in [2.45, 2.75) is 275 Å². The first-order chi connectivity index (χ1) is 63.6. The minimum absolute atomic E-state index is 0.607. The molecule has 0 spiro atoms. The Labute approximate surface area is 795 Å². The Bertz CT molecular complexity index is 5020. The molecule has 0 bridgehead atoms. The van der Waals surface area contributed by atoms with Crippen LogP contribution in [0.25, 0.3) is 100 Å². The molecule has 0 saturated carbocycles. The summed E-state index contributed by atoms with van der Waals surface area (Å²) < 4.78 is 53.7. The second-order valence-electron chi connectivity index (χ2n) is 39.8. The molecule has 2 unspecified atom stereocenters. The molecule has 1 aliphatic heterocycles. The van der Waals surface area contributed by atoms with Gasteiger partial charge in [-0.2, -0.15) is 0 Å². The van der Waals surface area contributed by atoms with Crippen LogP contribution in [0.5, 0.6) is 23.0 Å². The first-order valence-corrected chi connectivity index (χ1v) is 56.7. The zero-order valence-electron chi connectivity index (χ0n) is 81.5. The summed E-state index contributed by atoms with van der Waals surface area (Å²) in [5.74, 6) is 27.7. The second kappa shape index (κ2) is 49.4. The summed E-state index contributed by atoms with van der Waals surface area (Å²) in [6.45, 7) is 40.1. The standard InChI is InChI=1S/C116H146GeN4O8S2/c1-17-21-35-87(19-3)77-117(78-88(20-4)36-22-18-2)105-71-103(55-37-89-65-95(111-73-107(118-126-111)91-39-47-99(48-40-91)122-61-57-83(13)31-23-27-79(5)6)69-96(66-89)112-74-108(119-127-112)92-41-49-100(50-42-92)123-62-58-84(14)32-24-28-80(7)8)130-115(105)116-106(117)72-104(131-116)56-38-90-67-97(113-75-109(120-128-113)93-43-51-101(52-44-93)124-63-59-85(15)33-25-29-81(9)10)70-98(68-90)114-76-110(121-129-114)94-45-53-102(54-46-94)125-64-60-86(16)34-26-30-82(11)12/h39-54,65-76,79-88H,17-36,57-64,77-78H2,1-16H3/t83-,84-,85-,86-,87?,88?/m1/s1. The molecular weight excluding hydrogens is 1710 g/mol. The normalized spacial score (nSPS) is 13.7. The summed E-state index contributed by atoms with van der Waals surface area (Å²) in [4.78, 5) is 4.93. The van der Waals surface area contributed by atoms with Crippen LogP contribution in [0.4, 0.5) is 0 Å². The fourth-order valence-electron chi connectivity index (χ4n) is 18.4. The molecular formula is C116H146GeN4O8S2. The van der Waals surface area contributed by atoms with Crippen molar-refractivity contribution in [1.29, 1.82) is 0 Å². The molecule has 15 heteroatoms. The van der Waals surface area contributed by atoms with E-state index in [1.165, 1.54) is 136 Å². The van der Waals surface area contributed by atoms with E-state index in [1.54, 1.807) is 8.79 Å². The van der Waals surface area contributed by atoms with Crippen LogP contribution in [0, 0.1) is 82.9 Å². The summed E-state index contributed by atoms with van der Waals surface area (Å²) in [5.41, 5.74) is 11.6. The summed E-state index contributed by atoms with van der Waals surface area (Å²) in [6, 6.07) is 58.8. The number of unbranched alkanes of at least 4 members (excludes halogenated alkanes) is 2. The average Bonchev–Trinajstić information content (AvgIpc) is 1.54. The third-order valence-electron chi connectivity index (χ3n) is 26.8. The predicted octanol–water partition coefficient (Wildman–Crippen LogP) is 32.8. The number of benzene rings is 6. The molecule has 12 nitrogen and oxygen atoms in total. The van der Waals surface area contributed by atoms with Crippen LogP contribution in [0.3, 0.4) is 0 Å². The molecule has 0 N–H and O–H groups in total. The van der Waals surface area contributed by atoms with E-state index in [4.69, 9.17) is 37.0 Å². The topological polar surface area (TPSA) is 141 Å². The summed E-state index contributed by atoms with van der Waals surface area (Å²) in [5, 5.41) is 21.2. The Morgan fingerprint density at radius 3 is 0.802 bits per heavy atom. The molecule has 6 atom stereocenters. The summed E-state index contributed by atoms with van der Waals surface area (Å²) in [7, 11) is 0. The van der Waals surface area contributed by atoms with Gasteiger partial charge in [-0.1, -0.05) is 160 Å². The summed E-state index contributed by atoms with van der Waals surface area (Å²) >= 11 is 0.407. The number of thiophene rings is 2. The van der Waals surface area contributed by atoms with Gasteiger partial charge in [0.25, 0.3) is 0 Å². The van der Waals surface area contributed by atoms with Gasteiger partial charge in [0.2, 0.25) is 0 Å². The molecule has 6 aromatic carbocycles. The van der Waals surface area contributed by atoms with Gasteiger partial charge in [0, 0.05) is 0 Å². The van der Waals surface area contributed by atoms with Gasteiger partial charge in [-0.05, 0) is 170 Å². The van der Waals surface area contributed by atoms with Gasteiger partial charge in [-0.25, -0.2) is 0 Å². The zero-order valence-corrected chi connectivity index (χ0v) is 85.3. The first-order valence-electron chi connectivity index (χ1n) is 50.0. The quantitative estimate of drug-likeness (QED) is 0.0265. The number of ether oxygens (including phenoxy) is 4. The van der Waals surface area contributed by atoms with Crippen LogP contribution in [0.2, 0.25) is 10.5 Å². The molecule has 12 aromatic rings. The third kappa shape index (κ3) is 28.7. The van der Waals surface area contributed by atoms with Gasteiger partial charge < -0.3 is 18.9 Å². The minimum atomic E-state index is -3.33. The molecule has 1 aliphatic rings. The van der Waals surface area contributed by atoms with E-state index in [-0.39, 0.29) is 0 Å². The van der Waals surface area contributed by atoms with Crippen LogP contribution in [-0.2, 0) is 0 Å². The third-order valence-corrected chi connectivity index (χ3v) is 41.2. The SMILES string of the molecule is CCCCC(CC)[CH2][Ge]1([CH2]C(CC)CCCC)[c]2cc(C#Cc3cc(-c4cc(-c5ccc(OCC[C@H](C)CCCC(C)C)cc5)no4)cc(-c4cc(-c5ccc(OCC[C@H](C)CCCC(C)C)cc5)no4)c3)sc2-c2sc(C#Cc3cc(-c4cc(-c5ccc(OCC[C@H](C)CCCC(C)C)cc5)no4)cc(-c4cc(-c5ccc(OCC[C@H](C)CCCC(C)C)cc5)no4)c3)c[c]21. The Balaban J connectivity index is 0.832. The molecule has 131 heavy (non-hydrogen) atoms. The molecule has 7 heterocycles. The number of hydrogen-bond donors (Lipinski definition) is 0. The maximum atomic E-state index is 6.33. The van der Waals surface area contributed by atoms with Crippen molar-refractivity contribution in [3.05, 3.63) is 191 Å². The predicted molar refractivity (Wildman–Crippen MR) is 549 cm³/mol. The van der Waals surface area contributed by atoms with Gasteiger partial charge >= 0.3 is 402 Å². The van der Waals surface area contributed by atoms with Crippen molar-refractivity contribution in [3.63, 3.8) is 0 Å². The van der Waals surface area contributed by atoms with Crippen LogP contribution >= 0.6 is 22.7 Å². The van der Waals surface area contributed by atoms with Crippen molar-refractivity contribution in [2.24, 2.45) is 59.2 Å². The van der Waals surface area contributed by atoms with E-state index in [1.807, 2.05) is 95.5 Å². The Hall–Kier alpha value is -9.58. The van der Waals surface area contributed by atoms with Crippen molar-refractivity contribution >= 4 is 44.7 Å². The molecule has 6 aromatic heterocycles. The molecule has 0 saturated heterocycles. The van der Waals surface area contributed by atoms with E-state index in [2.05, 4.69) is 252 Å². The van der Waals surface area contributed by atoms with E-state index in [9.17, 15) is 0 Å². The van der Waals surface area contributed by atoms with Gasteiger partial charge in [0.1, 0.15) is 23.0 Å². The van der Waals surface area contributed by atoms with Gasteiger partial charge in [-0.3, -0.25) is 0 Å².